The maximum atomic E-state index is 11.3. The minimum absolute atomic E-state index is 0.130. The molecule has 1 N–H and O–H groups in total. The standard InChI is InChI=1S/C9H12O4/c1-3-4-9(7(10)11)5-6(2)13-8(9)12/h3,6H,1,4-5H2,2H3,(H,10,11). The molecule has 1 heterocycles. The summed E-state index contributed by atoms with van der Waals surface area (Å²) in [7, 11) is 0. The predicted molar refractivity (Wildman–Crippen MR) is 45.1 cm³/mol. The maximum Gasteiger partial charge on any atom is 0.324 e. The molecule has 2 unspecified atom stereocenters. The normalized spacial score (nSPS) is 32.7. The number of allylic oxidation sites excluding steroid dienone is 1. The molecule has 1 aliphatic rings. The molecule has 1 saturated heterocycles. The minimum Gasteiger partial charge on any atom is -0.480 e. The van der Waals surface area contributed by atoms with Crippen LogP contribution in [0.2, 0.25) is 0 Å². The summed E-state index contributed by atoms with van der Waals surface area (Å²) < 4.78 is 4.82. The summed E-state index contributed by atoms with van der Waals surface area (Å²) in [5, 5.41) is 8.93. The molecule has 1 rings (SSSR count). The van der Waals surface area contributed by atoms with E-state index < -0.39 is 17.4 Å². The Balaban J connectivity index is 2.97. The molecule has 1 aliphatic heterocycles. The van der Waals surface area contributed by atoms with Crippen LogP contribution >= 0.6 is 0 Å². The molecule has 0 saturated carbocycles. The molecule has 0 aromatic heterocycles. The lowest BCUT2D eigenvalue weighted by Gasteiger charge is -2.16. The van der Waals surface area contributed by atoms with Crippen molar-refractivity contribution < 1.29 is 19.4 Å². The van der Waals surface area contributed by atoms with Crippen LogP contribution in [0.4, 0.5) is 0 Å². The molecule has 0 amide bonds. The molecule has 13 heavy (non-hydrogen) atoms. The molecule has 0 bridgehead atoms. The summed E-state index contributed by atoms with van der Waals surface area (Å²) in [5.74, 6) is -1.77. The number of aliphatic carboxylic acids is 1. The third kappa shape index (κ3) is 1.43. The van der Waals surface area contributed by atoms with Crippen molar-refractivity contribution >= 4 is 11.9 Å². The second kappa shape index (κ2) is 3.20. The predicted octanol–water partition coefficient (Wildman–Crippen LogP) is 0.969. The Morgan fingerprint density at radius 3 is 2.85 bits per heavy atom. The van der Waals surface area contributed by atoms with E-state index in [1.54, 1.807) is 6.92 Å². The van der Waals surface area contributed by atoms with E-state index >= 15 is 0 Å². The minimum atomic E-state index is -1.39. The van der Waals surface area contributed by atoms with E-state index in [0.29, 0.717) is 0 Å². The Morgan fingerprint density at radius 2 is 2.54 bits per heavy atom. The summed E-state index contributed by atoms with van der Waals surface area (Å²) >= 11 is 0. The van der Waals surface area contributed by atoms with Gasteiger partial charge in [0.2, 0.25) is 0 Å². The van der Waals surface area contributed by atoms with Gasteiger partial charge in [-0.15, -0.1) is 6.58 Å². The fraction of sp³-hybridized carbons (Fsp3) is 0.556. The molecule has 4 heteroatoms. The zero-order valence-corrected chi connectivity index (χ0v) is 7.45. The second-order valence-corrected chi connectivity index (χ2v) is 3.30. The van der Waals surface area contributed by atoms with E-state index in [9.17, 15) is 9.59 Å². The first-order valence-corrected chi connectivity index (χ1v) is 4.08. The van der Waals surface area contributed by atoms with Crippen LogP contribution in [-0.4, -0.2) is 23.1 Å². The summed E-state index contributed by atoms with van der Waals surface area (Å²) in [6, 6.07) is 0. The molecule has 1 fully saturated rings. The largest absolute Gasteiger partial charge is 0.480 e. The third-order valence-corrected chi connectivity index (χ3v) is 2.24. The first kappa shape index (κ1) is 9.77. The molecule has 4 nitrogen and oxygen atoms in total. The van der Waals surface area contributed by atoms with Gasteiger partial charge in [-0.1, -0.05) is 6.08 Å². The van der Waals surface area contributed by atoms with Crippen molar-refractivity contribution in [2.75, 3.05) is 0 Å². The Bertz CT molecular complexity index is 258. The number of carboxylic acid groups (broad SMARTS) is 1. The summed E-state index contributed by atoms with van der Waals surface area (Å²) in [4.78, 5) is 22.2. The summed E-state index contributed by atoms with van der Waals surface area (Å²) in [6.07, 6.45) is 1.48. The van der Waals surface area contributed by atoms with Crippen LogP contribution in [0, 0.1) is 5.41 Å². The molecule has 0 spiro atoms. The van der Waals surface area contributed by atoms with Gasteiger partial charge in [0, 0.05) is 6.42 Å². The van der Waals surface area contributed by atoms with Gasteiger partial charge >= 0.3 is 11.9 Å². The van der Waals surface area contributed by atoms with Gasteiger partial charge in [-0.3, -0.25) is 9.59 Å². The average molecular weight is 184 g/mol. The summed E-state index contributed by atoms with van der Waals surface area (Å²) in [6.45, 7) is 5.13. The van der Waals surface area contributed by atoms with Crippen LogP contribution in [0.15, 0.2) is 12.7 Å². The quantitative estimate of drug-likeness (QED) is 0.403. The fourth-order valence-corrected chi connectivity index (χ4v) is 1.59. The maximum absolute atomic E-state index is 11.3. The van der Waals surface area contributed by atoms with Gasteiger partial charge in [-0.2, -0.15) is 0 Å². The zero-order valence-electron chi connectivity index (χ0n) is 7.45. The number of carboxylic acids is 1. The highest BCUT2D eigenvalue weighted by molar-refractivity contribution is 6.00. The number of esters is 1. The molecule has 72 valence electrons. The van der Waals surface area contributed by atoms with Crippen molar-refractivity contribution in [3.8, 4) is 0 Å². The van der Waals surface area contributed by atoms with E-state index in [2.05, 4.69) is 6.58 Å². The zero-order chi connectivity index (χ0) is 10.1. The fourth-order valence-electron chi connectivity index (χ4n) is 1.59. The molecule has 0 aromatic rings. The smallest absolute Gasteiger partial charge is 0.324 e. The van der Waals surface area contributed by atoms with Gasteiger partial charge in [0.1, 0.15) is 6.10 Å². The monoisotopic (exact) mass is 184 g/mol. The van der Waals surface area contributed by atoms with E-state index in [1.807, 2.05) is 0 Å². The lowest BCUT2D eigenvalue weighted by atomic mass is 9.82. The topological polar surface area (TPSA) is 63.6 Å². The highest BCUT2D eigenvalue weighted by atomic mass is 16.6. The van der Waals surface area contributed by atoms with Gasteiger partial charge in [0.25, 0.3) is 0 Å². The lowest BCUT2D eigenvalue weighted by molar-refractivity contribution is -0.160. The third-order valence-electron chi connectivity index (χ3n) is 2.24. The lowest BCUT2D eigenvalue weighted by Crippen LogP contribution is -2.35. The van der Waals surface area contributed by atoms with Crippen LogP contribution in [0.1, 0.15) is 19.8 Å². The van der Waals surface area contributed by atoms with E-state index in [4.69, 9.17) is 9.84 Å². The van der Waals surface area contributed by atoms with Gasteiger partial charge < -0.3 is 9.84 Å². The van der Waals surface area contributed by atoms with Crippen LogP contribution in [0.5, 0.6) is 0 Å². The number of hydrogen-bond acceptors (Lipinski definition) is 3. The molecule has 0 aromatic carbocycles. The molecular formula is C9H12O4. The number of ether oxygens (including phenoxy) is 1. The molecule has 0 radical (unpaired) electrons. The Kier molecular flexibility index (Phi) is 2.40. The Hall–Kier alpha value is -1.32. The first-order chi connectivity index (χ1) is 6.03. The van der Waals surface area contributed by atoms with E-state index in [0.717, 1.165) is 0 Å². The second-order valence-electron chi connectivity index (χ2n) is 3.30. The number of rotatable bonds is 3. The number of hydrogen-bond donors (Lipinski definition) is 1. The van der Waals surface area contributed by atoms with Crippen molar-refractivity contribution in [1.29, 1.82) is 0 Å². The van der Waals surface area contributed by atoms with Crippen molar-refractivity contribution in [3.63, 3.8) is 0 Å². The SMILES string of the molecule is C=CCC1(C(=O)O)CC(C)OC1=O. The van der Waals surface area contributed by atoms with Crippen LogP contribution in [0.25, 0.3) is 0 Å². The van der Waals surface area contributed by atoms with E-state index in [1.165, 1.54) is 6.08 Å². The Morgan fingerprint density at radius 1 is 1.92 bits per heavy atom. The van der Waals surface area contributed by atoms with Crippen LogP contribution < -0.4 is 0 Å². The molecular weight excluding hydrogens is 172 g/mol. The van der Waals surface area contributed by atoms with E-state index in [-0.39, 0.29) is 18.9 Å². The highest BCUT2D eigenvalue weighted by Gasteiger charge is 2.53. The summed E-state index contributed by atoms with van der Waals surface area (Å²) in [5.41, 5.74) is -1.39. The van der Waals surface area contributed by atoms with Gasteiger partial charge in [-0.05, 0) is 13.3 Å². The van der Waals surface area contributed by atoms with Crippen molar-refractivity contribution in [3.05, 3.63) is 12.7 Å². The molecule has 0 aliphatic carbocycles. The number of cyclic esters (lactones) is 1. The van der Waals surface area contributed by atoms with Gasteiger partial charge in [-0.25, -0.2) is 0 Å². The van der Waals surface area contributed by atoms with Crippen molar-refractivity contribution in [2.45, 2.75) is 25.9 Å². The average Bonchev–Trinajstić information content (AvgIpc) is 2.28. The number of carbonyl (C=O) groups excluding carboxylic acids is 1. The van der Waals surface area contributed by atoms with Gasteiger partial charge in [0.15, 0.2) is 5.41 Å². The first-order valence-electron chi connectivity index (χ1n) is 4.08. The van der Waals surface area contributed by atoms with Gasteiger partial charge in [0.05, 0.1) is 0 Å². The molecule has 2 atom stereocenters. The van der Waals surface area contributed by atoms with Crippen molar-refractivity contribution in [1.82, 2.24) is 0 Å². The van der Waals surface area contributed by atoms with Crippen LogP contribution in [-0.2, 0) is 14.3 Å². The highest BCUT2D eigenvalue weighted by Crippen LogP contribution is 2.37. The Labute approximate surface area is 76.2 Å². The number of carbonyl (C=O) groups is 2. The van der Waals surface area contributed by atoms with Crippen molar-refractivity contribution in [2.24, 2.45) is 5.41 Å². The van der Waals surface area contributed by atoms with Crippen LogP contribution in [0.3, 0.4) is 0 Å².